The van der Waals surface area contributed by atoms with Crippen LogP contribution in [0.3, 0.4) is 0 Å². The third kappa shape index (κ3) is 6.09. The first-order chi connectivity index (χ1) is 30.3. The number of aromatic nitrogens is 3. The van der Waals surface area contributed by atoms with Gasteiger partial charge in [-0.1, -0.05) is 131 Å². The van der Waals surface area contributed by atoms with Gasteiger partial charge >= 0.3 is 0 Å². The molecule has 4 nitrogen and oxygen atoms in total. The van der Waals surface area contributed by atoms with Crippen LogP contribution in [0.2, 0.25) is 0 Å². The van der Waals surface area contributed by atoms with Crippen molar-refractivity contribution < 1.29 is 0 Å². The second-order valence-electron chi connectivity index (χ2n) is 16.7. The Labute approximate surface area is 361 Å². The molecule has 0 saturated heterocycles. The average Bonchev–Trinajstić information content (AvgIpc) is 3.80. The fourth-order valence-electron chi connectivity index (χ4n) is 9.84. The van der Waals surface area contributed by atoms with Crippen molar-refractivity contribution in [2.45, 2.75) is 27.7 Å². The van der Waals surface area contributed by atoms with E-state index in [2.05, 4.69) is 195 Å². The van der Waals surface area contributed by atoms with E-state index < -0.39 is 0 Å². The molecule has 62 heavy (non-hydrogen) atoms. The topological polar surface area (TPSA) is 46.5 Å². The highest BCUT2D eigenvalue weighted by Gasteiger charge is 2.21. The van der Waals surface area contributed by atoms with Crippen molar-refractivity contribution in [2.24, 2.45) is 0 Å². The van der Waals surface area contributed by atoms with Crippen molar-refractivity contribution in [2.75, 3.05) is 0 Å². The molecular formula is C58H42N4. The van der Waals surface area contributed by atoms with Gasteiger partial charge in [0.2, 0.25) is 0 Å². The summed E-state index contributed by atoms with van der Waals surface area (Å²) in [5.41, 5.74) is 20.8. The van der Waals surface area contributed by atoms with Crippen molar-refractivity contribution in [3.63, 3.8) is 0 Å². The maximum atomic E-state index is 10.5. The standard InChI is InChI=1S/C58H42N4/c1-36-25-37(2)28-44(27-36)40-17-20-56-51(31-40)48-13-7-9-15-53(48)61(56)55-22-19-42(33-50(55)46-12-6-5-11-43(46)34-59)47-23-24-60-35-58(47)62-54-16-10-8-14-49(54)52-32-41(18-21-57(52)62)45-29-38(3)26-39(4)30-45/h5-33,35H,1-4H3. The summed E-state index contributed by atoms with van der Waals surface area (Å²) in [4.78, 5) is 4.73. The zero-order valence-electron chi connectivity index (χ0n) is 35.1. The molecule has 0 radical (unpaired) electrons. The normalized spacial score (nSPS) is 11.5. The fraction of sp³-hybridized carbons (Fsp3) is 0.0690. The van der Waals surface area contributed by atoms with E-state index >= 15 is 0 Å². The SMILES string of the molecule is Cc1cc(C)cc(-c2ccc3c(c2)c2ccccc2n3-c2cnccc2-c2ccc(-n3c4ccccc4c4cc(-c5cc(C)cc(C)c5)ccc43)c(-c3ccccc3C#N)c2)c1. The third-order valence-corrected chi connectivity index (χ3v) is 12.4. The Balaban J connectivity index is 1.13. The number of para-hydroxylation sites is 2. The Hall–Kier alpha value is -8.00. The van der Waals surface area contributed by atoms with E-state index in [4.69, 9.17) is 4.98 Å². The molecule has 8 aromatic carbocycles. The molecular weight excluding hydrogens is 753 g/mol. The van der Waals surface area contributed by atoms with Gasteiger partial charge in [0.25, 0.3) is 0 Å². The molecule has 0 fully saturated rings. The molecule has 0 bridgehead atoms. The molecule has 3 heterocycles. The van der Waals surface area contributed by atoms with Gasteiger partial charge in [-0.25, -0.2) is 0 Å². The first kappa shape index (κ1) is 37.0. The minimum Gasteiger partial charge on any atom is -0.309 e. The van der Waals surface area contributed by atoms with E-state index in [1.54, 1.807) is 0 Å². The Kier molecular flexibility index (Phi) is 8.73. The zero-order valence-corrected chi connectivity index (χ0v) is 35.1. The molecule has 0 aliphatic heterocycles. The number of nitriles is 1. The molecule has 294 valence electrons. The summed E-state index contributed by atoms with van der Waals surface area (Å²) in [6.45, 7) is 8.64. The lowest BCUT2D eigenvalue weighted by Crippen LogP contribution is -2.01. The molecule has 11 aromatic rings. The lowest BCUT2D eigenvalue weighted by Gasteiger charge is -2.18. The van der Waals surface area contributed by atoms with Gasteiger partial charge in [0.1, 0.15) is 0 Å². The minimum atomic E-state index is 0.626. The predicted molar refractivity (Wildman–Crippen MR) is 258 cm³/mol. The highest BCUT2D eigenvalue weighted by atomic mass is 15.0. The second kappa shape index (κ2) is 14.6. The van der Waals surface area contributed by atoms with Crippen LogP contribution in [0, 0.1) is 39.0 Å². The third-order valence-electron chi connectivity index (χ3n) is 12.4. The highest BCUT2D eigenvalue weighted by Crippen LogP contribution is 2.43. The molecule has 0 aliphatic carbocycles. The number of nitrogens with zero attached hydrogens (tertiary/aromatic N) is 4. The van der Waals surface area contributed by atoms with Crippen LogP contribution in [0.1, 0.15) is 27.8 Å². The van der Waals surface area contributed by atoms with Crippen LogP contribution in [0.5, 0.6) is 0 Å². The minimum absolute atomic E-state index is 0.626. The van der Waals surface area contributed by atoms with Gasteiger partial charge in [0.15, 0.2) is 0 Å². The average molecular weight is 795 g/mol. The van der Waals surface area contributed by atoms with Gasteiger partial charge in [-0.05, 0) is 116 Å². The predicted octanol–water partition coefficient (Wildman–Crippen LogP) is 15.0. The lowest BCUT2D eigenvalue weighted by molar-refractivity contribution is 1.14. The fourth-order valence-corrected chi connectivity index (χ4v) is 9.84. The zero-order chi connectivity index (χ0) is 42.1. The van der Waals surface area contributed by atoms with Gasteiger partial charge in [0, 0.05) is 44.4 Å². The number of pyridine rings is 1. The summed E-state index contributed by atoms with van der Waals surface area (Å²) in [7, 11) is 0. The van der Waals surface area contributed by atoms with E-state index in [0.717, 1.165) is 55.7 Å². The second-order valence-corrected chi connectivity index (χ2v) is 16.7. The summed E-state index contributed by atoms with van der Waals surface area (Å²) in [5, 5.41) is 15.3. The molecule has 0 amide bonds. The Morgan fingerprint density at radius 3 is 1.47 bits per heavy atom. The molecule has 0 unspecified atom stereocenters. The summed E-state index contributed by atoms with van der Waals surface area (Å²) in [5.74, 6) is 0. The molecule has 0 atom stereocenters. The van der Waals surface area contributed by atoms with E-state index in [9.17, 15) is 5.26 Å². The van der Waals surface area contributed by atoms with E-state index in [0.29, 0.717) is 5.56 Å². The summed E-state index contributed by atoms with van der Waals surface area (Å²) < 4.78 is 4.73. The smallest absolute Gasteiger partial charge is 0.0998 e. The molecule has 0 aliphatic rings. The van der Waals surface area contributed by atoms with Crippen molar-refractivity contribution in [3.8, 4) is 62.0 Å². The molecule has 0 N–H and O–H groups in total. The molecule has 0 spiro atoms. The van der Waals surface area contributed by atoms with E-state index in [-0.39, 0.29) is 0 Å². The number of aryl methyl sites for hydroxylation is 4. The Morgan fingerprint density at radius 1 is 0.387 bits per heavy atom. The van der Waals surface area contributed by atoms with Crippen molar-refractivity contribution in [1.29, 1.82) is 5.26 Å². The molecule has 4 heteroatoms. The van der Waals surface area contributed by atoms with Crippen LogP contribution >= 0.6 is 0 Å². The van der Waals surface area contributed by atoms with Gasteiger partial charge in [-0.15, -0.1) is 0 Å². The first-order valence-electron chi connectivity index (χ1n) is 21.2. The summed E-state index contributed by atoms with van der Waals surface area (Å²) in [6, 6.07) is 63.8. The number of hydrogen-bond donors (Lipinski definition) is 0. The molecule has 11 rings (SSSR count). The molecule has 3 aromatic heterocycles. The van der Waals surface area contributed by atoms with Crippen LogP contribution in [0.25, 0.3) is 99.5 Å². The van der Waals surface area contributed by atoms with Crippen molar-refractivity contribution >= 4 is 43.6 Å². The highest BCUT2D eigenvalue weighted by molar-refractivity contribution is 6.12. The van der Waals surface area contributed by atoms with E-state index in [1.165, 1.54) is 66.1 Å². The maximum absolute atomic E-state index is 10.5. The first-order valence-corrected chi connectivity index (χ1v) is 21.2. The van der Waals surface area contributed by atoms with Crippen LogP contribution in [0.4, 0.5) is 0 Å². The van der Waals surface area contributed by atoms with Crippen LogP contribution in [-0.2, 0) is 0 Å². The largest absolute Gasteiger partial charge is 0.309 e. The Bertz CT molecular complexity index is 3610. The summed E-state index contributed by atoms with van der Waals surface area (Å²) >= 11 is 0. The lowest BCUT2D eigenvalue weighted by atomic mass is 9.94. The van der Waals surface area contributed by atoms with Crippen molar-refractivity contribution in [1.82, 2.24) is 14.1 Å². The van der Waals surface area contributed by atoms with Crippen LogP contribution in [-0.4, -0.2) is 14.1 Å². The van der Waals surface area contributed by atoms with E-state index in [1.807, 2.05) is 30.6 Å². The van der Waals surface area contributed by atoms with Crippen molar-refractivity contribution in [3.05, 3.63) is 210 Å². The van der Waals surface area contributed by atoms with Gasteiger partial charge in [0.05, 0.1) is 51.3 Å². The number of hydrogen-bond acceptors (Lipinski definition) is 2. The number of benzene rings is 8. The quantitative estimate of drug-likeness (QED) is 0.168. The monoisotopic (exact) mass is 794 g/mol. The van der Waals surface area contributed by atoms with Gasteiger partial charge in [-0.3, -0.25) is 4.98 Å². The molecule has 0 saturated carbocycles. The number of rotatable bonds is 6. The number of fused-ring (bicyclic) bond motifs is 6. The van der Waals surface area contributed by atoms with Gasteiger partial charge in [-0.2, -0.15) is 5.26 Å². The Morgan fingerprint density at radius 2 is 0.887 bits per heavy atom. The summed E-state index contributed by atoms with van der Waals surface area (Å²) in [6.07, 6.45) is 3.86. The van der Waals surface area contributed by atoms with Gasteiger partial charge < -0.3 is 9.13 Å². The maximum Gasteiger partial charge on any atom is 0.0998 e. The van der Waals surface area contributed by atoms with Crippen LogP contribution in [0.15, 0.2) is 182 Å². The van der Waals surface area contributed by atoms with Crippen LogP contribution < -0.4 is 0 Å².